The molecule has 3 heterocycles. The number of allylic oxidation sites excluding steroid dienone is 1. The number of alkyl halides is 3. The van der Waals surface area contributed by atoms with E-state index in [9.17, 15) is 40.8 Å². The molecule has 0 spiro atoms. The highest BCUT2D eigenvalue weighted by atomic mass is 32.2. The Kier molecular flexibility index (Phi) is 11.2. The molecule has 1 saturated heterocycles. The van der Waals surface area contributed by atoms with Gasteiger partial charge in [0.2, 0.25) is 33.3 Å². The third-order valence-corrected chi connectivity index (χ3v) is 13.7. The van der Waals surface area contributed by atoms with Crippen molar-refractivity contribution in [3.8, 4) is 11.6 Å². The molecule has 0 radical (unpaired) electrons. The second-order valence-electron chi connectivity index (χ2n) is 16.5. The molecule has 2 saturated carbocycles. The van der Waals surface area contributed by atoms with Crippen LogP contribution in [0.25, 0.3) is 11.0 Å². The van der Waals surface area contributed by atoms with Crippen LogP contribution in [-0.2, 0) is 29.1 Å². The van der Waals surface area contributed by atoms with E-state index in [1.807, 2.05) is 13.0 Å². The molecule has 1 aromatic heterocycles. The van der Waals surface area contributed by atoms with Gasteiger partial charge in [0.15, 0.2) is 0 Å². The number of amides is 4. The van der Waals surface area contributed by atoms with Crippen LogP contribution in [-0.4, -0.2) is 101 Å². The number of nitrogens with one attached hydrogen (secondary N) is 3. The summed E-state index contributed by atoms with van der Waals surface area (Å²) in [7, 11) is -2.58. The van der Waals surface area contributed by atoms with Gasteiger partial charge in [0.05, 0.1) is 35.6 Å². The molecule has 2 aliphatic carbocycles. The average molecular weight is 823 g/mol. The number of carbonyl (C=O) groups excluding carboxylic acids is 4. The minimum atomic E-state index is -4.91. The van der Waals surface area contributed by atoms with Gasteiger partial charge >= 0.3 is 12.3 Å². The first-order chi connectivity index (χ1) is 26.6. The van der Waals surface area contributed by atoms with Crippen molar-refractivity contribution in [2.75, 3.05) is 13.7 Å². The number of rotatable bonds is 8. The summed E-state index contributed by atoms with van der Waals surface area (Å²) in [5, 5.41) is 5.14. The van der Waals surface area contributed by atoms with Crippen LogP contribution in [0.4, 0.5) is 18.0 Å². The van der Waals surface area contributed by atoms with Crippen molar-refractivity contribution < 1.29 is 55.0 Å². The van der Waals surface area contributed by atoms with E-state index < -0.39 is 85.9 Å². The SMILES string of the molecule is COc1ccc2ncc(O[C@@H]3C[C@H]4C(=O)N[C@]5(C(=O)NS(=O)(=O)C6(C)CC6)C[C@H]5/C=C\[C@H](C)CCC[C@@H](C)[C@H](NC(=O)OC(C)(C)C(F)(F)F)C(=O)N4C3)nc2c1. The minimum absolute atomic E-state index is 0.0338. The smallest absolute Gasteiger partial charge is 0.427 e. The van der Waals surface area contributed by atoms with E-state index in [0.717, 1.165) is 4.90 Å². The highest BCUT2D eigenvalue weighted by Gasteiger charge is 2.63. The molecule has 57 heavy (non-hydrogen) atoms. The van der Waals surface area contributed by atoms with Crippen LogP contribution >= 0.6 is 0 Å². The number of alkyl carbamates (subject to hydrolysis) is 1. The molecule has 0 bridgehead atoms. The highest BCUT2D eigenvalue weighted by molar-refractivity contribution is 7.91. The molecule has 15 nitrogen and oxygen atoms in total. The third kappa shape index (κ3) is 8.77. The Hall–Kier alpha value is -4.68. The number of aromatic nitrogens is 2. The van der Waals surface area contributed by atoms with Crippen molar-refractivity contribution >= 4 is 44.9 Å². The number of ether oxygens (including phenoxy) is 3. The molecule has 312 valence electrons. The van der Waals surface area contributed by atoms with Crippen molar-refractivity contribution in [3.05, 3.63) is 36.5 Å². The van der Waals surface area contributed by atoms with Crippen molar-refractivity contribution in [3.63, 3.8) is 0 Å². The number of benzene rings is 1. The molecule has 4 amide bonds. The lowest BCUT2D eigenvalue weighted by Crippen LogP contribution is -2.59. The first-order valence-electron chi connectivity index (χ1n) is 19.0. The second-order valence-corrected chi connectivity index (χ2v) is 18.7. The van der Waals surface area contributed by atoms with Gasteiger partial charge in [-0.3, -0.25) is 19.1 Å². The van der Waals surface area contributed by atoms with E-state index in [1.165, 1.54) is 20.2 Å². The number of halogens is 3. The van der Waals surface area contributed by atoms with E-state index in [4.69, 9.17) is 14.2 Å². The molecular weight excluding hydrogens is 774 g/mol. The van der Waals surface area contributed by atoms with Crippen LogP contribution in [0.2, 0.25) is 0 Å². The fraction of sp³-hybridized carbons (Fsp3) is 0.632. The zero-order valence-electron chi connectivity index (χ0n) is 32.6. The predicted octanol–water partition coefficient (Wildman–Crippen LogP) is 4.31. The van der Waals surface area contributed by atoms with Crippen LogP contribution in [0.15, 0.2) is 36.5 Å². The molecule has 7 atom stereocenters. The minimum Gasteiger partial charge on any atom is -0.497 e. The zero-order valence-corrected chi connectivity index (χ0v) is 33.5. The van der Waals surface area contributed by atoms with Crippen molar-refractivity contribution in [2.24, 2.45) is 17.8 Å². The van der Waals surface area contributed by atoms with Crippen LogP contribution in [0.3, 0.4) is 0 Å². The summed E-state index contributed by atoms with van der Waals surface area (Å²) in [6.45, 7) is 6.28. The topological polar surface area (TPSA) is 195 Å². The van der Waals surface area contributed by atoms with Crippen LogP contribution in [0.5, 0.6) is 11.6 Å². The van der Waals surface area contributed by atoms with E-state index in [1.54, 1.807) is 31.2 Å². The van der Waals surface area contributed by atoms with Crippen molar-refractivity contribution in [1.29, 1.82) is 0 Å². The Morgan fingerprint density at radius 3 is 2.46 bits per heavy atom. The molecule has 0 unspecified atom stereocenters. The van der Waals surface area contributed by atoms with Gasteiger partial charge in [-0.1, -0.05) is 32.4 Å². The maximum atomic E-state index is 14.6. The summed E-state index contributed by atoms with van der Waals surface area (Å²) >= 11 is 0. The van der Waals surface area contributed by atoms with Gasteiger partial charge in [-0.15, -0.1) is 0 Å². The van der Waals surface area contributed by atoms with Crippen molar-refractivity contribution in [2.45, 2.75) is 120 Å². The van der Waals surface area contributed by atoms with Gasteiger partial charge in [-0.25, -0.2) is 23.2 Å². The van der Waals surface area contributed by atoms with Crippen LogP contribution in [0.1, 0.15) is 79.6 Å². The number of fused-ring (bicyclic) bond motifs is 3. The Morgan fingerprint density at radius 1 is 1.07 bits per heavy atom. The van der Waals surface area contributed by atoms with Gasteiger partial charge in [0.1, 0.15) is 29.5 Å². The van der Waals surface area contributed by atoms with E-state index in [0.29, 0.717) is 62.7 Å². The molecule has 1 aromatic carbocycles. The summed E-state index contributed by atoms with van der Waals surface area (Å²) in [6.07, 6.45) is 0.0130. The summed E-state index contributed by atoms with van der Waals surface area (Å²) in [5.74, 6) is -3.12. The molecule has 3 N–H and O–H groups in total. The maximum Gasteiger partial charge on any atom is 0.427 e. The largest absolute Gasteiger partial charge is 0.497 e. The molecule has 2 aliphatic heterocycles. The normalized spacial score (nSPS) is 29.7. The van der Waals surface area contributed by atoms with E-state index in [2.05, 4.69) is 25.3 Å². The quantitative estimate of drug-likeness (QED) is 0.321. The fourth-order valence-electron chi connectivity index (χ4n) is 7.19. The zero-order chi connectivity index (χ0) is 41.7. The molecule has 6 rings (SSSR count). The Morgan fingerprint density at radius 2 is 1.79 bits per heavy atom. The second kappa shape index (κ2) is 15.2. The van der Waals surface area contributed by atoms with Crippen molar-refractivity contribution in [1.82, 2.24) is 30.2 Å². The number of hydrogen-bond donors (Lipinski definition) is 3. The standard InChI is InChI=1S/C38H49F3N6O9S/c1-21-8-7-9-22(2)30(44-34(51)56-35(3,4)38(39,40)41)32(49)47-20-25(55-29-19-42-26-13-12-24(54-6)16-27(26)43-29)17-28(47)31(48)45-37(18-23(37)11-10-21)33(50)46-57(52,53)36(5)14-15-36/h10-13,16,19,21-23,25,28,30H,7-9,14-15,17-18,20H2,1-6H3,(H,44,51)(H,45,48)(H,46,50)/b11-10-/t21-,22-,23-,25-,28+,30+,37-/m1/s1. The first-order valence-corrected chi connectivity index (χ1v) is 20.5. The highest BCUT2D eigenvalue weighted by Crippen LogP contribution is 2.48. The van der Waals surface area contributed by atoms with Gasteiger partial charge in [0, 0.05) is 18.4 Å². The number of sulfonamides is 1. The molecule has 2 aromatic rings. The summed E-state index contributed by atoms with van der Waals surface area (Å²) < 4.78 is 84.7. The Balaban J connectivity index is 1.33. The lowest BCUT2D eigenvalue weighted by molar-refractivity contribution is -0.244. The van der Waals surface area contributed by atoms with Gasteiger partial charge in [-0.2, -0.15) is 13.2 Å². The first kappa shape index (κ1) is 41.9. The van der Waals surface area contributed by atoms with Gasteiger partial charge in [0.25, 0.3) is 5.91 Å². The summed E-state index contributed by atoms with van der Waals surface area (Å²) in [4.78, 5) is 66.0. The van der Waals surface area contributed by atoms with Crippen LogP contribution < -0.4 is 24.8 Å². The summed E-state index contributed by atoms with van der Waals surface area (Å²) in [6, 6.07) is 2.31. The monoisotopic (exact) mass is 822 g/mol. The number of hydrogen-bond acceptors (Lipinski definition) is 11. The third-order valence-electron chi connectivity index (χ3n) is 11.6. The van der Waals surface area contributed by atoms with E-state index in [-0.39, 0.29) is 31.2 Å². The van der Waals surface area contributed by atoms with Gasteiger partial charge < -0.3 is 29.7 Å². The molecule has 19 heteroatoms. The molecular formula is C38H49F3N6O9S. The number of carbonyl (C=O) groups is 4. The number of methoxy groups -OCH3 is 1. The molecule has 4 aliphatic rings. The maximum absolute atomic E-state index is 14.6. The Bertz CT molecular complexity index is 2060. The average Bonchev–Trinajstić information content (AvgIpc) is 4.01. The van der Waals surface area contributed by atoms with E-state index >= 15 is 0 Å². The lowest BCUT2D eigenvalue weighted by Gasteiger charge is -2.33. The predicted molar refractivity (Wildman–Crippen MR) is 199 cm³/mol. The van der Waals surface area contributed by atoms with Crippen LogP contribution in [0, 0.1) is 17.8 Å². The Labute approximate surface area is 328 Å². The van der Waals surface area contributed by atoms with Gasteiger partial charge in [-0.05, 0) is 76.8 Å². The molecule has 3 fully saturated rings. The lowest BCUT2D eigenvalue weighted by atomic mass is 9.92. The summed E-state index contributed by atoms with van der Waals surface area (Å²) in [5.41, 5.74) is -3.55. The fourth-order valence-corrected chi connectivity index (χ4v) is 8.50. The number of nitrogens with zero attached hydrogens (tertiary/aromatic N) is 3.